The fourth-order valence-corrected chi connectivity index (χ4v) is 5.21. The molecule has 0 atom stereocenters. The highest BCUT2D eigenvalue weighted by Crippen LogP contribution is 2.40. The molecule has 2 aromatic carbocycles. The summed E-state index contributed by atoms with van der Waals surface area (Å²) >= 11 is 14.7. The molecule has 0 unspecified atom stereocenters. The van der Waals surface area contributed by atoms with Crippen molar-refractivity contribution in [3.8, 4) is 0 Å². The molecule has 0 saturated carbocycles. The van der Waals surface area contributed by atoms with Crippen molar-refractivity contribution in [1.82, 2.24) is 14.4 Å². The Balaban J connectivity index is 1.48. The van der Waals surface area contributed by atoms with Crippen LogP contribution in [0.3, 0.4) is 0 Å². The summed E-state index contributed by atoms with van der Waals surface area (Å²) in [5.74, 6) is 0.0112. The van der Waals surface area contributed by atoms with Crippen molar-refractivity contribution in [1.29, 1.82) is 0 Å². The SMILES string of the molecule is CN1CCCN(C(=O)/C=C/c2ccc(Sc3ccc4c(ccn4C)c3)c(Cl)c2Cl)CC1. The Labute approximate surface area is 197 Å². The topological polar surface area (TPSA) is 28.5 Å². The highest BCUT2D eigenvalue weighted by molar-refractivity contribution is 7.99. The highest BCUT2D eigenvalue weighted by Gasteiger charge is 2.16. The Morgan fingerprint density at radius 2 is 1.84 bits per heavy atom. The van der Waals surface area contributed by atoms with Gasteiger partial charge >= 0.3 is 0 Å². The molecule has 4 nitrogen and oxygen atoms in total. The molecule has 2 heterocycles. The van der Waals surface area contributed by atoms with Gasteiger partial charge in [0, 0.05) is 59.6 Å². The lowest BCUT2D eigenvalue weighted by atomic mass is 10.2. The smallest absolute Gasteiger partial charge is 0.246 e. The molecule has 0 aliphatic carbocycles. The van der Waals surface area contributed by atoms with Crippen LogP contribution in [0.4, 0.5) is 0 Å². The van der Waals surface area contributed by atoms with E-state index in [-0.39, 0.29) is 5.91 Å². The number of carbonyl (C=O) groups excluding carboxylic acids is 1. The second kappa shape index (κ2) is 9.70. The first-order chi connectivity index (χ1) is 14.9. The summed E-state index contributed by atoms with van der Waals surface area (Å²) in [5.41, 5.74) is 1.93. The van der Waals surface area contributed by atoms with Gasteiger partial charge in [-0.3, -0.25) is 4.79 Å². The zero-order chi connectivity index (χ0) is 22.0. The molecule has 0 spiro atoms. The summed E-state index contributed by atoms with van der Waals surface area (Å²) in [6, 6.07) is 12.3. The fraction of sp³-hybridized carbons (Fsp3) is 0.292. The van der Waals surface area contributed by atoms with Gasteiger partial charge in [-0.25, -0.2) is 0 Å². The average Bonchev–Trinajstić information content (AvgIpc) is 2.98. The Kier molecular flexibility index (Phi) is 6.97. The van der Waals surface area contributed by atoms with Gasteiger partial charge in [0.15, 0.2) is 0 Å². The molecule has 0 bridgehead atoms. The molecule has 0 radical (unpaired) electrons. The minimum Gasteiger partial charge on any atom is -0.351 e. The van der Waals surface area contributed by atoms with Crippen molar-refractivity contribution < 1.29 is 4.79 Å². The summed E-state index contributed by atoms with van der Waals surface area (Å²) in [7, 11) is 4.12. The van der Waals surface area contributed by atoms with E-state index >= 15 is 0 Å². The van der Waals surface area contributed by atoms with Crippen molar-refractivity contribution >= 4 is 57.8 Å². The summed E-state index contributed by atoms with van der Waals surface area (Å²) in [6.45, 7) is 3.44. The summed E-state index contributed by atoms with van der Waals surface area (Å²) in [5, 5.41) is 2.16. The Bertz CT molecular complexity index is 1140. The van der Waals surface area contributed by atoms with E-state index < -0.39 is 0 Å². The van der Waals surface area contributed by atoms with E-state index in [1.807, 2.05) is 24.1 Å². The van der Waals surface area contributed by atoms with E-state index in [4.69, 9.17) is 23.2 Å². The van der Waals surface area contributed by atoms with E-state index in [1.54, 1.807) is 23.9 Å². The van der Waals surface area contributed by atoms with Crippen LogP contribution in [0.1, 0.15) is 12.0 Å². The first kappa shape index (κ1) is 22.3. The number of hydrogen-bond acceptors (Lipinski definition) is 3. The molecule has 4 rings (SSSR count). The molecule has 1 aromatic heterocycles. The highest BCUT2D eigenvalue weighted by atomic mass is 35.5. The minimum atomic E-state index is 0.0112. The van der Waals surface area contributed by atoms with Crippen molar-refractivity contribution in [2.45, 2.75) is 16.2 Å². The molecule has 7 heteroatoms. The average molecular weight is 474 g/mol. The molecule has 1 aliphatic heterocycles. The lowest BCUT2D eigenvalue weighted by Gasteiger charge is -2.18. The van der Waals surface area contributed by atoms with E-state index in [9.17, 15) is 4.79 Å². The van der Waals surface area contributed by atoms with Gasteiger partial charge in [0.2, 0.25) is 5.91 Å². The van der Waals surface area contributed by atoms with Crippen LogP contribution in [-0.4, -0.2) is 53.5 Å². The van der Waals surface area contributed by atoms with Gasteiger partial charge in [-0.2, -0.15) is 0 Å². The van der Waals surface area contributed by atoms with Crippen LogP contribution in [0, 0.1) is 0 Å². The predicted octanol–water partition coefficient (Wildman–Crippen LogP) is 5.81. The summed E-state index contributed by atoms with van der Waals surface area (Å²) in [4.78, 5) is 18.7. The number of carbonyl (C=O) groups is 1. The van der Waals surface area contributed by atoms with Crippen molar-refractivity contribution in [3.05, 3.63) is 64.3 Å². The second-order valence-electron chi connectivity index (χ2n) is 7.85. The van der Waals surface area contributed by atoms with Crippen LogP contribution < -0.4 is 0 Å². The number of likely N-dealkylation sites (N-methyl/N-ethyl adjacent to an activating group) is 1. The zero-order valence-electron chi connectivity index (χ0n) is 17.6. The molecule has 31 heavy (non-hydrogen) atoms. The van der Waals surface area contributed by atoms with Gasteiger partial charge in [0.25, 0.3) is 0 Å². The molecule has 3 aromatic rings. The third-order valence-electron chi connectivity index (χ3n) is 5.60. The van der Waals surface area contributed by atoms with Crippen LogP contribution in [0.15, 0.2) is 58.5 Å². The van der Waals surface area contributed by atoms with Crippen LogP contribution in [0.5, 0.6) is 0 Å². The predicted molar refractivity (Wildman–Crippen MR) is 131 cm³/mol. The standard InChI is InChI=1S/C24H25Cl2N3OS/c1-27-11-3-12-29(15-14-27)22(30)9-5-17-4-8-21(24(26)23(17)25)31-19-6-7-20-18(16-19)10-13-28(20)2/h4-10,13,16H,3,11-12,14-15H2,1-2H3/b9-5+. The first-order valence-electron chi connectivity index (χ1n) is 10.3. The van der Waals surface area contributed by atoms with Gasteiger partial charge in [-0.1, -0.05) is 41.0 Å². The minimum absolute atomic E-state index is 0.0112. The maximum absolute atomic E-state index is 12.6. The van der Waals surface area contributed by atoms with Crippen LogP contribution in [-0.2, 0) is 11.8 Å². The number of rotatable bonds is 4. The Morgan fingerprint density at radius 3 is 2.68 bits per heavy atom. The number of aryl methyl sites for hydroxylation is 1. The molecular weight excluding hydrogens is 449 g/mol. The zero-order valence-corrected chi connectivity index (χ0v) is 20.0. The fourth-order valence-electron chi connectivity index (χ4n) is 3.74. The van der Waals surface area contributed by atoms with Gasteiger partial charge in [-0.15, -0.1) is 0 Å². The molecule has 1 aliphatic rings. The van der Waals surface area contributed by atoms with Crippen LogP contribution in [0.2, 0.25) is 10.0 Å². The lowest BCUT2D eigenvalue weighted by Crippen LogP contribution is -2.33. The van der Waals surface area contributed by atoms with E-state index in [1.165, 1.54) is 10.9 Å². The van der Waals surface area contributed by atoms with Gasteiger partial charge in [-0.05, 0) is 62.0 Å². The maximum Gasteiger partial charge on any atom is 0.246 e. The van der Waals surface area contributed by atoms with E-state index in [0.717, 1.165) is 48.0 Å². The number of amides is 1. The van der Waals surface area contributed by atoms with E-state index in [2.05, 4.69) is 47.0 Å². The normalized spacial score (nSPS) is 15.7. The van der Waals surface area contributed by atoms with Crippen molar-refractivity contribution in [3.63, 3.8) is 0 Å². The molecule has 1 amide bonds. The summed E-state index contributed by atoms with van der Waals surface area (Å²) < 4.78 is 2.10. The summed E-state index contributed by atoms with van der Waals surface area (Å²) in [6.07, 6.45) is 6.40. The number of halogens is 2. The van der Waals surface area contributed by atoms with Crippen molar-refractivity contribution in [2.75, 3.05) is 33.2 Å². The second-order valence-corrected chi connectivity index (χ2v) is 9.72. The number of fused-ring (bicyclic) bond motifs is 1. The monoisotopic (exact) mass is 473 g/mol. The third-order valence-corrected chi connectivity index (χ3v) is 7.66. The van der Waals surface area contributed by atoms with E-state index in [0.29, 0.717) is 10.0 Å². The first-order valence-corrected chi connectivity index (χ1v) is 11.9. The number of nitrogens with zero attached hydrogens (tertiary/aromatic N) is 3. The van der Waals surface area contributed by atoms with Crippen LogP contribution in [0.25, 0.3) is 17.0 Å². The van der Waals surface area contributed by atoms with Gasteiger partial charge in [0.05, 0.1) is 10.0 Å². The third kappa shape index (κ3) is 5.12. The molecule has 1 fully saturated rings. The molecule has 162 valence electrons. The maximum atomic E-state index is 12.6. The Morgan fingerprint density at radius 1 is 1.00 bits per heavy atom. The number of hydrogen-bond donors (Lipinski definition) is 0. The largest absolute Gasteiger partial charge is 0.351 e. The van der Waals surface area contributed by atoms with Crippen LogP contribution >= 0.6 is 35.0 Å². The Hall–Kier alpha value is -1.92. The molecule has 1 saturated heterocycles. The molecule has 0 N–H and O–H groups in total. The lowest BCUT2D eigenvalue weighted by molar-refractivity contribution is -0.125. The number of benzene rings is 2. The van der Waals surface area contributed by atoms with Crippen molar-refractivity contribution in [2.24, 2.45) is 7.05 Å². The van der Waals surface area contributed by atoms with Gasteiger partial charge in [0.1, 0.15) is 0 Å². The molecular formula is C24H25Cl2N3OS. The quantitative estimate of drug-likeness (QED) is 0.447. The van der Waals surface area contributed by atoms with Gasteiger partial charge < -0.3 is 14.4 Å². The number of aromatic nitrogens is 1.